The van der Waals surface area contributed by atoms with Crippen LogP contribution in [0.4, 0.5) is 0 Å². The maximum atomic E-state index is 5.08. The summed E-state index contributed by atoms with van der Waals surface area (Å²) in [5, 5.41) is 0. The van der Waals surface area contributed by atoms with E-state index in [2.05, 4.69) is 6.92 Å². The predicted molar refractivity (Wildman–Crippen MR) is 51.3 cm³/mol. The van der Waals surface area contributed by atoms with Gasteiger partial charge in [-0.15, -0.1) is 18.5 Å². The molecule has 0 aliphatic rings. The van der Waals surface area contributed by atoms with E-state index in [0.717, 1.165) is 11.3 Å². The first-order chi connectivity index (χ1) is 5.29. The van der Waals surface area contributed by atoms with Gasteiger partial charge in [-0.1, -0.05) is 0 Å². The van der Waals surface area contributed by atoms with Gasteiger partial charge in [-0.3, -0.25) is 0 Å². The number of para-hydroxylation sites is 1. The molecule has 0 saturated heterocycles. The van der Waals surface area contributed by atoms with Crippen LogP contribution in [0.5, 0.6) is 11.5 Å². The largest absolute Gasteiger partial charge is 0.550 e. The molecule has 1 aromatic carbocycles. The van der Waals surface area contributed by atoms with Crippen LogP contribution in [0.1, 0.15) is 5.56 Å². The molecular weight excluding hydrogens is 241 g/mol. The third-order valence-corrected chi connectivity index (χ3v) is 1.48. The molecular formula is C9H12ClO2Zn-. The van der Waals surface area contributed by atoms with Crippen molar-refractivity contribution in [1.82, 2.24) is 0 Å². The zero-order valence-electron chi connectivity index (χ0n) is 7.87. The van der Waals surface area contributed by atoms with Crippen LogP contribution in [0.25, 0.3) is 0 Å². The van der Waals surface area contributed by atoms with Crippen molar-refractivity contribution >= 4 is 12.4 Å². The molecule has 0 heterocycles. The Morgan fingerprint density at radius 3 is 2.15 bits per heavy atom. The smallest absolute Gasteiger partial charge is 0.104 e. The number of methoxy groups -OCH3 is 2. The Bertz CT molecular complexity index is 253. The molecule has 0 unspecified atom stereocenters. The molecule has 0 N–H and O–H groups in total. The Labute approximate surface area is 97.8 Å². The minimum Gasteiger partial charge on any atom is -0.550 e. The monoisotopic (exact) mass is 251 g/mol. The van der Waals surface area contributed by atoms with E-state index in [1.165, 1.54) is 0 Å². The van der Waals surface area contributed by atoms with Gasteiger partial charge in [0.15, 0.2) is 0 Å². The normalized spacial score (nSPS) is 7.85. The summed E-state index contributed by atoms with van der Waals surface area (Å²) >= 11 is 0. The van der Waals surface area contributed by atoms with Crippen LogP contribution in [0.3, 0.4) is 0 Å². The first-order valence-electron chi connectivity index (χ1n) is 3.32. The third-order valence-electron chi connectivity index (χ3n) is 1.48. The zero-order chi connectivity index (χ0) is 8.27. The Balaban J connectivity index is 0. The van der Waals surface area contributed by atoms with Crippen molar-refractivity contribution in [3.05, 3.63) is 30.7 Å². The van der Waals surface area contributed by atoms with E-state index in [9.17, 15) is 0 Å². The first kappa shape index (κ1) is 15.1. The van der Waals surface area contributed by atoms with Crippen molar-refractivity contribution in [2.45, 2.75) is 0 Å². The fourth-order valence-corrected chi connectivity index (χ4v) is 0.954. The summed E-state index contributed by atoms with van der Waals surface area (Å²) in [7, 11) is 3.21. The van der Waals surface area contributed by atoms with Crippen LogP contribution in [0, 0.1) is 6.92 Å². The van der Waals surface area contributed by atoms with E-state index in [1.54, 1.807) is 14.2 Å². The Kier molecular flexibility index (Phi) is 8.18. The topological polar surface area (TPSA) is 18.5 Å². The molecule has 0 aliphatic carbocycles. The number of hydrogen-bond donors (Lipinski definition) is 0. The van der Waals surface area contributed by atoms with E-state index in [4.69, 9.17) is 9.47 Å². The van der Waals surface area contributed by atoms with Gasteiger partial charge in [0.2, 0.25) is 0 Å². The van der Waals surface area contributed by atoms with E-state index >= 15 is 0 Å². The number of ether oxygens (including phenoxy) is 2. The van der Waals surface area contributed by atoms with Crippen molar-refractivity contribution in [2.24, 2.45) is 0 Å². The molecule has 0 fully saturated rings. The summed E-state index contributed by atoms with van der Waals surface area (Å²) in [6, 6.07) is 5.60. The quantitative estimate of drug-likeness (QED) is 0.594. The Hall–Kier alpha value is -0.397. The van der Waals surface area contributed by atoms with Gasteiger partial charge < -0.3 is 9.47 Å². The van der Waals surface area contributed by atoms with Gasteiger partial charge in [-0.25, -0.2) is 0 Å². The third kappa shape index (κ3) is 3.45. The summed E-state index contributed by atoms with van der Waals surface area (Å²) in [5.41, 5.74) is 0.840. The molecule has 13 heavy (non-hydrogen) atoms. The van der Waals surface area contributed by atoms with Crippen LogP contribution < -0.4 is 9.47 Å². The molecule has 70 valence electrons. The average Bonchev–Trinajstić information content (AvgIpc) is 2.04. The number of benzene rings is 1. The molecule has 1 aromatic rings. The Morgan fingerprint density at radius 1 is 1.15 bits per heavy atom. The number of halogens is 1. The molecule has 4 heteroatoms. The van der Waals surface area contributed by atoms with Crippen molar-refractivity contribution in [2.75, 3.05) is 14.2 Å². The fourth-order valence-electron chi connectivity index (χ4n) is 0.954. The van der Waals surface area contributed by atoms with Crippen molar-refractivity contribution in [3.8, 4) is 11.5 Å². The van der Waals surface area contributed by atoms with E-state index in [0.29, 0.717) is 5.75 Å². The summed E-state index contributed by atoms with van der Waals surface area (Å²) < 4.78 is 10.1. The molecule has 0 atom stereocenters. The van der Waals surface area contributed by atoms with Crippen molar-refractivity contribution in [1.29, 1.82) is 0 Å². The molecule has 0 bridgehead atoms. The van der Waals surface area contributed by atoms with Gasteiger partial charge in [0.05, 0.1) is 20.0 Å². The number of rotatable bonds is 2. The van der Waals surface area contributed by atoms with Crippen LogP contribution in [0.15, 0.2) is 18.2 Å². The average molecular weight is 253 g/mol. The fraction of sp³-hybridized carbons (Fsp3) is 0.222. The maximum absolute atomic E-state index is 5.08. The van der Waals surface area contributed by atoms with Gasteiger partial charge >= 0.3 is 0 Å². The van der Waals surface area contributed by atoms with Crippen molar-refractivity contribution < 1.29 is 29.0 Å². The second-order valence-electron chi connectivity index (χ2n) is 2.15. The minimum absolute atomic E-state index is 0. The second kappa shape index (κ2) is 7.05. The molecule has 0 aliphatic heterocycles. The standard InChI is InChI=1S/C9H11O2.ClH.Zn/c1-7-5-4-6-8(10-2)9(7)11-3;;/h4-6H,1H2,2-3H3;1H;/q-1;;. The van der Waals surface area contributed by atoms with Gasteiger partial charge in [0.25, 0.3) is 0 Å². The minimum atomic E-state index is 0. The van der Waals surface area contributed by atoms with E-state index in [1.807, 2.05) is 18.2 Å². The van der Waals surface area contributed by atoms with Gasteiger partial charge in [0.1, 0.15) is 5.75 Å². The molecule has 0 saturated carbocycles. The number of hydrogen-bond acceptors (Lipinski definition) is 2. The van der Waals surface area contributed by atoms with Crippen LogP contribution in [-0.4, -0.2) is 14.2 Å². The summed E-state index contributed by atoms with van der Waals surface area (Å²) in [4.78, 5) is 0. The van der Waals surface area contributed by atoms with Crippen LogP contribution >= 0.6 is 12.4 Å². The van der Waals surface area contributed by atoms with Gasteiger partial charge in [0, 0.05) is 19.5 Å². The zero-order valence-corrected chi connectivity index (χ0v) is 11.7. The molecule has 2 nitrogen and oxygen atoms in total. The second-order valence-corrected chi connectivity index (χ2v) is 2.15. The first-order valence-corrected chi connectivity index (χ1v) is 3.32. The van der Waals surface area contributed by atoms with E-state index in [-0.39, 0.29) is 31.9 Å². The molecule has 1 rings (SSSR count). The predicted octanol–water partition coefficient (Wildman–Crippen LogP) is 2.31. The Morgan fingerprint density at radius 2 is 1.77 bits per heavy atom. The van der Waals surface area contributed by atoms with Gasteiger partial charge in [-0.05, 0) is 6.07 Å². The summed E-state index contributed by atoms with van der Waals surface area (Å²) in [6.45, 7) is 3.79. The summed E-state index contributed by atoms with van der Waals surface area (Å²) in [5.74, 6) is 1.43. The molecule has 0 spiro atoms. The van der Waals surface area contributed by atoms with Gasteiger partial charge in [-0.2, -0.15) is 18.6 Å². The molecule has 0 radical (unpaired) electrons. The van der Waals surface area contributed by atoms with Crippen LogP contribution in [0.2, 0.25) is 0 Å². The summed E-state index contributed by atoms with van der Waals surface area (Å²) in [6.07, 6.45) is 0. The van der Waals surface area contributed by atoms with E-state index < -0.39 is 0 Å². The van der Waals surface area contributed by atoms with Crippen molar-refractivity contribution in [3.63, 3.8) is 0 Å². The van der Waals surface area contributed by atoms with Crippen LogP contribution in [-0.2, 0) is 19.5 Å². The maximum Gasteiger partial charge on any atom is 0.104 e. The molecule has 0 amide bonds. The molecule has 0 aromatic heterocycles. The SMILES string of the molecule is Cl.[CH2-]c1cccc(OC)c1OC.[Zn].